The molecule has 4 nitrogen and oxygen atoms in total. The molecule has 1 aliphatic rings. The molecule has 0 spiro atoms. The smallest absolute Gasteiger partial charge is 0.235 e. The van der Waals surface area contributed by atoms with Crippen molar-refractivity contribution in [1.82, 2.24) is 4.90 Å². The van der Waals surface area contributed by atoms with Crippen LogP contribution in [0.5, 0.6) is 0 Å². The largest absolute Gasteiger partial charge is 0.392 e. The van der Waals surface area contributed by atoms with Gasteiger partial charge < -0.3 is 15.4 Å². The van der Waals surface area contributed by atoms with E-state index in [1.807, 2.05) is 25.8 Å². The van der Waals surface area contributed by atoms with Crippen LogP contribution in [-0.2, 0) is 9.53 Å². The zero-order chi connectivity index (χ0) is 14.5. The van der Waals surface area contributed by atoms with E-state index in [9.17, 15) is 4.79 Å². The Labute approximate surface area is 121 Å². The highest BCUT2D eigenvalue weighted by atomic mass is 32.1. The van der Waals surface area contributed by atoms with Crippen molar-refractivity contribution in [3.05, 3.63) is 0 Å². The highest BCUT2D eigenvalue weighted by molar-refractivity contribution is 7.80. The van der Waals surface area contributed by atoms with E-state index in [1.165, 1.54) is 0 Å². The van der Waals surface area contributed by atoms with E-state index in [2.05, 4.69) is 0 Å². The Morgan fingerprint density at radius 1 is 1.37 bits per heavy atom. The van der Waals surface area contributed by atoms with Crippen molar-refractivity contribution in [3.63, 3.8) is 0 Å². The van der Waals surface area contributed by atoms with Gasteiger partial charge in [-0.25, -0.2) is 0 Å². The molecule has 19 heavy (non-hydrogen) atoms. The van der Waals surface area contributed by atoms with Crippen molar-refractivity contribution in [1.29, 1.82) is 0 Å². The number of hydrogen-bond acceptors (Lipinski definition) is 3. The zero-order valence-electron chi connectivity index (χ0n) is 12.3. The number of nitrogens with zero attached hydrogens (tertiary/aromatic N) is 1. The van der Waals surface area contributed by atoms with Gasteiger partial charge >= 0.3 is 0 Å². The summed E-state index contributed by atoms with van der Waals surface area (Å²) in [6, 6.07) is 0. The Hall–Kier alpha value is -0.680. The summed E-state index contributed by atoms with van der Waals surface area (Å²) < 4.78 is 5.35. The van der Waals surface area contributed by atoms with Crippen molar-refractivity contribution in [3.8, 4) is 0 Å². The molecule has 0 unspecified atom stereocenters. The summed E-state index contributed by atoms with van der Waals surface area (Å²) >= 11 is 5.14. The summed E-state index contributed by atoms with van der Waals surface area (Å²) in [5.74, 6) is 0.594. The van der Waals surface area contributed by atoms with E-state index in [0.717, 1.165) is 32.6 Å². The first-order chi connectivity index (χ1) is 8.97. The molecule has 0 aliphatic carbocycles. The summed E-state index contributed by atoms with van der Waals surface area (Å²) in [6.07, 6.45) is 3.37. The topological polar surface area (TPSA) is 55.6 Å². The third kappa shape index (κ3) is 3.66. The minimum atomic E-state index is -0.671. The van der Waals surface area contributed by atoms with E-state index in [1.54, 1.807) is 0 Å². The Morgan fingerprint density at radius 3 is 2.32 bits per heavy atom. The molecule has 0 bridgehead atoms. The summed E-state index contributed by atoms with van der Waals surface area (Å²) in [6.45, 7) is 6.32. The lowest BCUT2D eigenvalue weighted by molar-refractivity contribution is -0.138. The van der Waals surface area contributed by atoms with Gasteiger partial charge in [0.25, 0.3) is 0 Å². The molecule has 1 saturated heterocycles. The standard InChI is InChI=1S/C14H26N2O2S/c1-4-14(5-2,12(15)19)13(17)16(3)10-11-6-8-18-9-7-11/h11H,4-10H2,1-3H3,(H2,15,19). The lowest BCUT2D eigenvalue weighted by Gasteiger charge is -2.35. The van der Waals surface area contributed by atoms with Gasteiger partial charge in [-0.15, -0.1) is 0 Å². The third-order valence-corrected chi connectivity index (χ3v) is 4.70. The van der Waals surface area contributed by atoms with Crippen LogP contribution in [0.2, 0.25) is 0 Å². The van der Waals surface area contributed by atoms with Crippen LogP contribution in [-0.4, -0.2) is 42.6 Å². The van der Waals surface area contributed by atoms with E-state index >= 15 is 0 Å². The van der Waals surface area contributed by atoms with Crippen molar-refractivity contribution in [2.45, 2.75) is 39.5 Å². The van der Waals surface area contributed by atoms with Gasteiger partial charge in [0.15, 0.2) is 0 Å². The summed E-state index contributed by atoms with van der Waals surface area (Å²) in [5.41, 5.74) is 5.16. The quantitative estimate of drug-likeness (QED) is 0.758. The second kappa shape index (κ2) is 7.20. The number of carbonyl (C=O) groups is 1. The zero-order valence-corrected chi connectivity index (χ0v) is 13.1. The first kappa shape index (κ1) is 16.4. The second-order valence-electron chi connectivity index (χ2n) is 5.39. The summed E-state index contributed by atoms with van der Waals surface area (Å²) in [5, 5.41) is 0. The number of carbonyl (C=O) groups excluding carboxylic acids is 1. The lowest BCUT2D eigenvalue weighted by Crippen LogP contribution is -2.50. The van der Waals surface area contributed by atoms with Gasteiger partial charge in [-0.1, -0.05) is 26.1 Å². The average Bonchev–Trinajstić information content (AvgIpc) is 2.41. The SMILES string of the molecule is CCC(CC)(C(=O)N(C)CC1CCOCC1)C(N)=S. The van der Waals surface area contributed by atoms with Gasteiger partial charge in [-0.05, 0) is 31.6 Å². The van der Waals surface area contributed by atoms with Gasteiger partial charge in [-0.2, -0.15) is 0 Å². The maximum Gasteiger partial charge on any atom is 0.235 e. The van der Waals surface area contributed by atoms with Gasteiger partial charge in [-0.3, -0.25) is 4.79 Å². The van der Waals surface area contributed by atoms with Crippen LogP contribution in [0.25, 0.3) is 0 Å². The molecule has 0 radical (unpaired) electrons. The van der Waals surface area contributed by atoms with Crippen LogP contribution in [0.4, 0.5) is 0 Å². The molecular formula is C14H26N2O2S. The maximum absolute atomic E-state index is 12.7. The van der Waals surface area contributed by atoms with Crippen molar-refractivity contribution in [2.24, 2.45) is 17.1 Å². The molecule has 5 heteroatoms. The van der Waals surface area contributed by atoms with Crippen LogP contribution in [0.1, 0.15) is 39.5 Å². The predicted molar refractivity (Wildman–Crippen MR) is 81.0 cm³/mol. The van der Waals surface area contributed by atoms with Crippen LogP contribution in [0, 0.1) is 11.3 Å². The molecule has 1 rings (SSSR count). The van der Waals surface area contributed by atoms with Gasteiger partial charge in [0.05, 0.1) is 10.4 Å². The van der Waals surface area contributed by atoms with Gasteiger partial charge in [0.2, 0.25) is 5.91 Å². The van der Waals surface area contributed by atoms with Crippen LogP contribution in [0.3, 0.4) is 0 Å². The minimum absolute atomic E-state index is 0.0662. The van der Waals surface area contributed by atoms with Gasteiger partial charge in [0, 0.05) is 26.8 Å². The third-order valence-electron chi connectivity index (χ3n) is 4.31. The Morgan fingerprint density at radius 2 is 1.89 bits per heavy atom. The molecular weight excluding hydrogens is 260 g/mol. The second-order valence-corrected chi connectivity index (χ2v) is 5.83. The van der Waals surface area contributed by atoms with E-state index in [-0.39, 0.29) is 5.91 Å². The van der Waals surface area contributed by atoms with E-state index in [4.69, 9.17) is 22.7 Å². The van der Waals surface area contributed by atoms with Crippen LogP contribution in [0.15, 0.2) is 0 Å². The Bertz CT molecular complexity index is 323. The molecule has 0 atom stereocenters. The number of hydrogen-bond donors (Lipinski definition) is 1. The first-order valence-corrected chi connectivity index (χ1v) is 7.52. The summed E-state index contributed by atoms with van der Waals surface area (Å²) in [7, 11) is 1.86. The molecule has 110 valence electrons. The fraction of sp³-hybridized carbons (Fsp3) is 0.857. The number of amides is 1. The summed E-state index contributed by atoms with van der Waals surface area (Å²) in [4.78, 5) is 14.8. The van der Waals surface area contributed by atoms with Gasteiger partial charge in [0.1, 0.15) is 0 Å². The Kier molecular flexibility index (Phi) is 6.20. The Balaban J connectivity index is 2.70. The highest BCUT2D eigenvalue weighted by Gasteiger charge is 2.40. The maximum atomic E-state index is 12.7. The predicted octanol–water partition coefficient (Wildman–Crippen LogP) is 1.96. The van der Waals surface area contributed by atoms with Crippen molar-refractivity contribution < 1.29 is 9.53 Å². The lowest BCUT2D eigenvalue weighted by atomic mass is 9.80. The van der Waals surface area contributed by atoms with Crippen molar-refractivity contribution >= 4 is 23.1 Å². The van der Waals surface area contributed by atoms with Crippen molar-refractivity contribution in [2.75, 3.05) is 26.8 Å². The molecule has 1 aliphatic heterocycles. The minimum Gasteiger partial charge on any atom is -0.392 e. The molecule has 0 aromatic rings. The fourth-order valence-electron chi connectivity index (χ4n) is 2.77. The number of nitrogens with two attached hydrogens (primary N) is 1. The molecule has 0 aromatic heterocycles. The average molecular weight is 286 g/mol. The molecule has 0 saturated carbocycles. The first-order valence-electron chi connectivity index (χ1n) is 7.11. The normalized spacial score (nSPS) is 17.2. The van der Waals surface area contributed by atoms with E-state index < -0.39 is 5.41 Å². The number of thiocarbonyl (C=S) groups is 1. The number of rotatable bonds is 6. The van der Waals surface area contributed by atoms with Crippen LogP contribution >= 0.6 is 12.2 Å². The van der Waals surface area contributed by atoms with Crippen LogP contribution < -0.4 is 5.73 Å². The molecule has 1 fully saturated rings. The number of ether oxygens (including phenoxy) is 1. The highest BCUT2D eigenvalue weighted by Crippen LogP contribution is 2.30. The fourth-order valence-corrected chi connectivity index (χ4v) is 3.15. The molecule has 1 heterocycles. The molecule has 1 amide bonds. The molecule has 2 N–H and O–H groups in total. The monoisotopic (exact) mass is 286 g/mol. The molecule has 0 aromatic carbocycles. The van der Waals surface area contributed by atoms with E-state index in [0.29, 0.717) is 23.7 Å².